The molecule has 1 fully saturated rings. The molecular weight excluding hydrogens is 256 g/mol. The fourth-order valence-electron chi connectivity index (χ4n) is 1.36. The molecule has 1 aromatic rings. The van der Waals surface area contributed by atoms with Crippen molar-refractivity contribution >= 4 is 23.4 Å². The van der Waals surface area contributed by atoms with Crippen LogP contribution in [0.3, 0.4) is 0 Å². The van der Waals surface area contributed by atoms with Gasteiger partial charge in [0, 0.05) is 11.9 Å². The summed E-state index contributed by atoms with van der Waals surface area (Å²) in [6.07, 6.45) is 0.734. The van der Waals surface area contributed by atoms with Crippen molar-refractivity contribution in [2.75, 3.05) is 12.4 Å². The topological polar surface area (TPSA) is 84.3 Å². The summed E-state index contributed by atoms with van der Waals surface area (Å²) >= 11 is 7.02. The first-order valence-corrected chi connectivity index (χ1v) is 5.93. The van der Waals surface area contributed by atoms with E-state index >= 15 is 0 Å². The molecule has 2 unspecified atom stereocenters. The van der Waals surface area contributed by atoms with Crippen molar-refractivity contribution in [3.05, 3.63) is 32.1 Å². The van der Waals surface area contributed by atoms with E-state index in [0.717, 1.165) is 0 Å². The Balaban J connectivity index is 2.32. The van der Waals surface area contributed by atoms with Gasteiger partial charge in [-0.05, 0) is 0 Å². The van der Waals surface area contributed by atoms with Crippen molar-refractivity contribution in [2.24, 2.45) is 0 Å². The van der Waals surface area contributed by atoms with E-state index in [1.165, 1.54) is 22.5 Å². The number of halogens is 1. The Morgan fingerprint density at radius 1 is 1.69 bits per heavy atom. The van der Waals surface area contributed by atoms with Crippen LogP contribution in [0.15, 0.2) is 15.8 Å². The number of nitrogens with one attached hydrogen (secondary N) is 1. The highest BCUT2D eigenvalue weighted by molar-refractivity contribution is 8.00. The van der Waals surface area contributed by atoms with Gasteiger partial charge in [0.1, 0.15) is 16.7 Å². The van der Waals surface area contributed by atoms with Crippen LogP contribution in [0.2, 0.25) is 5.02 Å². The maximum Gasteiger partial charge on any atom is 0.330 e. The molecule has 0 spiro atoms. The molecule has 2 heterocycles. The molecule has 0 radical (unpaired) electrons. The van der Waals surface area contributed by atoms with E-state index in [1.54, 1.807) is 0 Å². The molecule has 2 rings (SSSR count). The van der Waals surface area contributed by atoms with E-state index in [-0.39, 0.29) is 17.1 Å². The first-order chi connectivity index (χ1) is 7.61. The summed E-state index contributed by atoms with van der Waals surface area (Å²) in [6, 6.07) is 0. The summed E-state index contributed by atoms with van der Waals surface area (Å²) in [6.45, 7) is -0.118. The van der Waals surface area contributed by atoms with Gasteiger partial charge in [-0.25, -0.2) is 4.79 Å². The van der Waals surface area contributed by atoms with Crippen LogP contribution in [0.25, 0.3) is 0 Å². The summed E-state index contributed by atoms with van der Waals surface area (Å²) in [5.41, 5.74) is -1.53. The molecule has 1 aromatic heterocycles. The van der Waals surface area contributed by atoms with Gasteiger partial charge >= 0.3 is 5.69 Å². The third kappa shape index (κ3) is 2.17. The van der Waals surface area contributed by atoms with Crippen molar-refractivity contribution in [1.82, 2.24) is 9.55 Å². The lowest BCUT2D eigenvalue weighted by molar-refractivity contribution is -0.00639. The number of aromatic amines is 1. The number of aliphatic hydroxyl groups excluding tert-OH is 1. The van der Waals surface area contributed by atoms with Crippen molar-refractivity contribution in [2.45, 2.75) is 11.7 Å². The second kappa shape index (κ2) is 4.62. The highest BCUT2D eigenvalue weighted by Gasteiger charge is 2.27. The Labute approximate surface area is 99.2 Å². The van der Waals surface area contributed by atoms with Crippen LogP contribution >= 0.6 is 23.4 Å². The molecule has 1 aliphatic heterocycles. The number of thioether (sulfide) groups is 1. The number of H-pyrrole nitrogens is 1. The van der Waals surface area contributed by atoms with E-state index in [0.29, 0.717) is 5.75 Å². The van der Waals surface area contributed by atoms with Gasteiger partial charge in [-0.15, -0.1) is 11.8 Å². The molecule has 0 aliphatic carbocycles. The smallest absolute Gasteiger partial charge is 0.330 e. The average molecular weight is 265 g/mol. The lowest BCUT2D eigenvalue weighted by Crippen LogP contribution is -2.33. The maximum atomic E-state index is 11.5. The maximum absolute atomic E-state index is 11.5. The van der Waals surface area contributed by atoms with Gasteiger partial charge < -0.3 is 9.84 Å². The number of hydrogen-bond donors (Lipinski definition) is 2. The minimum absolute atomic E-state index is 0.0688. The van der Waals surface area contributed by atoms with Crippen LogP contribution in [-0.4, -0.2) is 32.5 Å². The number of aliphatic hydroxyl groups is 1. The minimum atomic E-state index is -0.618. The van der Waals surface area contributed by atoms with E-state index in [4.69, 9.17) is 21.4 Å². The zero-order valence-corrected chi connectivity index (χ0v) is 9.62. The Morgan fingerprint density at radius 2 is 2.44 bits per heavy atom. The average Bonchev–Trinajstić information content (AvgIpc) is 2.71. The molecular formula is C8H9ClN2O4S. The number of aromatic nitrogens is 2. The van der Waals surface area contributed by atoms with Crippen LogP contribution in [0.4, 0.5) is 0 Å². The van der Waals surface area contributed by atoms with E-state index in [1.807, 2.05) is 0 Å². The molecule has 16 heavy (non-hydrogen) atoms. The molecule has 0 amide bonds. The molecule has 0 bridgehead atoms. The van der Waals surface area contributed by atoms with E-state index < -0.39 is 17.5 Å². The Hall–Kier alpha value is -0.760. The lowest BCUT2D eigenvalue weighted by atomic mass is 10.5. The summed E-state index contributed by atoms with van der Waals surface area (Å²) in [5.74, 6) is 0.521. The van der Waals surface area contributed by atoms with Crippen molar-refractivity contribution in [3.63, 3.8) is 0 Å². The van der Waals surface area contributed by atoms with Gasteiger partial charge in [-0.1, -0.05) is 11.6 Å². The van der Waals surface area contributed by atoms with Gasteiger partial charge in [0.15, 0.2) is 0 Å². The number of hydrogen-bond acceptors (Lipinski definition) is 5. The molecule has 88 valence electrons. The first kappa shape index (κ1) is 11.7. The molecule has 2 atom stereocenters. The summed E-state index contributed by atoms with van der Waals surface area (Å²) < 4.78 is 6.58. The quantitative estimate of drug-likeness (QED) is 0.771. The molecule has 1 saturated heterocycles. The molecule has 0 saturated carbocycles. The Morgan fingerprint density at radius 3 is 3.06 bits per heavy atom. The lowest BCUT2D eigenvalue weighted by Gasteiger charge is -2.13. The van der Waals surface area contributed by atoms with Crippen LogP contribution in [-0.2, 0) is 4.74 Å². The molecule has 6 nitrogen and oxygen atoms in total. The third-order valence-corrected chi connectivity index (χ3v) is 3.50. The zero-order valence-electron chi connectivity index (χ0n) is 8.05. The van der Waals surface area contributed by atoms with E-state index in [2.05, 4.69) is 4.98 Å². The van der Waals surface area contributed by atoms with Crippen molar-refractivity contribution in [1.29, 1.82) is 0 Å². The minimum Gasteiger partial charge on any atom is -0.393 e. The van der Waals surface area contributed by atoms with Gasteiger partial charge in [0.25, 0.3) is 5.56 Å². The van der Waals surface area contributed by atoms with Crippen LogP contribution in [0.5, 0.6) is 0 Å². The molecule has 0 aromatic carbocycles. The second-order valence-corrected chi connectivity index (χ2v) is 4.78. The zero-order chi connectivity index (χ0) is 11.7. The van der Waals surface area contributed by atoms with E-state index in [9.17, 15) is 9.59 Å². The second-order valence-electron chi connectivity index (χ2n) is 3.18. The van der Waals surface area contributed by atoms with Crippen LogP contribution in [0.1, 0.15) is 6.23 Å². The molecule has 1 aliphatic rings. The van der Waals surface area contributed by atoms with Crippen molar-refractivity contribution < 1.29 is 9.84 Å². The highest BCUT2D eigenvalue weighted by Crippen LogP contribution is 2.30. The summed E-state index contributed by atoms with van der Waals surface area (Å²) in [5, 5.41) is 8.81. The Bertz CT molecular complexity index is 500. The molecule has 2 N–H and O–H groups in total. The predicted molar refractivity (Wildman–Crippen MR) is 59.8 cm³/mol. The normalized spacial score (nSPS) is 24.9. The van der Waals surface area contributed by atoms with Gasteiger partial charge in [0.2, 0.25) is 0 Å². The summed E-state index contributed by atoms with van der Waals surface area (Å²) in [4.78, 5) is 24.6. The fourth-order valence-corrected chi connectivity index (χ4v) is 2.44. The Kier molecular flexibility index (Phi) is 3.38. The van der Waals surface area contributed by atoms with Gasteiger partial charge in [-0.2, -0.15) is 0 Å². The monoisotopic (exact) mass is 264 g/mol. The highest BCUT2D eigenvalue weighted by atomic mass is 35.5. The number of nitrogens with zero attached hydrogens (tertiary/aromatic N) is 1. The predicted octanol–water partition coefficient (Wildman–Crippen LogP) is -0.230. The van der Waals surface area contributed by atoms with Crippen LogP contribution in [0, 0.1) is 0 Å². The number of rotatable bonds is 2. The third-order valence-electron chi connectivity index (χ3n) is 2.12. The standard InChI is InChI=1S/C8H9ClN2O4S/c9-4-1-11(8(14)10-7(4)13)5-3-16-6(2-12)15-5/h1,5-6,12H,2-3H2,(H,10,13,14). The first-order valence-electron chi connectivity index (χ1n) is 4.50. The largest absolute Gasteiger partial charge is 0.393 e. The fraction of sp³-hybridized carbons (Fsp3) is 0.500. The SMILES string of the molecule is O=c1[nH]c(=O)n(C2CSC(CO)O2)cc1Cl. The van der Waals surface area contributed by atoms with Crippen LogP contribution < -0.4 is 11.2 Å². The van der Waals surface area contributed by atoms with Gasteiger partial charge in [0.05, 0.1) is 6.61 Å². The van der Waals surface area contributed by atoms with Crippen molar-refractivity contribution in [3.8, 4) is 0 Å². The molecule has 8 heteroatoms. The van der Waals surface area contributed by atoms with Gasteiger partial charge in [-0.3, -0.25) is 14.3 Å². The summed E-state index contributed by atoms with van der Waals surface area (Å²) in [7, 11) is 0. The number of ether oxygens (including phenoxy) is 1.